The first-order valence-corrected chi connectivity index (χ1v) is 7.38. The zero-order chi connectivity index (χ0) is 13.9. The fourth-order valence-corrected chi connectivity index (χ4v) is 3.05. The highest BCUT2D eigenvalue weighted by molar-refractivity contribution is 6.17. The number of hydrogen-bond donors (Lipinski definition) is 0. The summed E-state index contributed by atoms with van der Waals surface area (Å²) < 4.78 is 0. The number of likely N-dealkylation sites (tertiary alicyclic amines) is 1. The number of amides is 1. The van der Waals surface area contributed by atoms with Crippen LogP contribution >= 0.6 is 11.6 Å². The highest BCUT2D eigenvalue weighted by Gasteiger charge is 2.27. The number of carbonyl (C=O) groups excluding carboxylic acids is 1. The van der Waals surface area contributed by atoms with E-state index in [1.54, 1.807) is 12.4 Å². The Hall–Kier alpha value is -1.68. The first-order chi connectivity index (χ1) is 9.79. The third-order valence-electron chi connectivity index (χ3n) is 3.82. The summed E-state index contributed by atoms with van der Waals surface area (Å²) in [6.07, 6.45) is 5.28. The summed E-state index contributed by atoms with van der Waals surface area (Å²) in [4.78, 5) is 23.1. The summed E-state index contributed by atoms with van der Waals surface area (Å²) in [5.41, 5.74) is 2.08. The number of alkyl halides is 1. The molecular weight excluding hydrogens is 274 g/mol. The Morgan fingerprint density at radius 3 is 3.05 bits per heavy atom. The van der Waals surface area contributed by atoms with E-state index in [9.17, 15) is 4.79 Å². The molecular formula is C15H16ClN3O. The lowest BCUT2D eigenvalue weighted by molar-refractivity contribution is 0.0788. The van der Waals surface area contributed by atoms with Crippen LogP contribution in [0.15, 0.2) is 30.6 Å². The van der Waals surface area contributed by atoms with Gasteiger partial charge in [0.2, 0.25) is 0 Å². The van der Waals surface area contributed by atoms with Crippen LogP contribution in [-0.4, -0.2) is 39.7 Å². The highest BCUT2D eigenvalue weighted by atomic mass is 35.5. The Labute approximate surface area is 122 Å². The lowest BCUT2D eigenvalue weighted by Gasteiger charge is -2.17. The number of hydrogen-bond acceptors (Lipinski definition) is 3. The average Bonchev–Trinajstić information content (AvgIpc) is 2.95. The van der Waals surface area contributed by atoms with Gasteiger partial charge in [-0.1, -0.05) is 6.07 Å². The minimum Gasteiger partial charge on any atom is -0.338 e. The summed E-state index contributed by atoms with van der Waals surface area (Å²) in [7, 11) is 0. The van der Waals surface area contributed by atoms with Gasteiger partial charge in [0.05, 0.1) is 11.1 Å². The van der Waals surface area contributed by atoms with Gasteiger partial charge in [-0.2, -0.15) is 0 Å². The second kappa shape index (κ2) is 5.75. The predicted molar refractivity (Wildman–Crippen MR) is 78.9 cm³/mol. The molecule has 104 valence electrons. The molecule has 1 fully saturated rings. The van der Waals surface area contributed by atoms with Gasteiger partial charge in [-0.25, -0.2) is 0 Å². The molecule has 1 atom stereocenters. The maximum atomic E-state index is 12.6. The molecule has 1 unspecified atom stereocenters. The van der Waals surface area contributed by atoms with Crippen molar-refractivity contribution in [3.05, 3.63) is 36.2 Å². The smallest absolute Gasteiger partial charge is 0.256 e. The maximum absolute atomic E-state index is 12.6. The van der Waals surface area contributed by atoms with Crippen molar-refractivity contribution < 1.29 is 4.79 Å². The van der Waals surface area contributed by atoms with Crippen LogP contribution in [0.2, 0.25) is 0 Å². The topological polar surface area (TPSA) is 46.1 Å². The largest absolute Gasteiger partial charge is 0.338 e. The molecule has 3 rings (SSSR count). The SMILES string of the molecule is O=C(c1cccc2nccnc12)N1CCC(CCCl)C1. The quantitative estimate of drug-likeness (QED) is 0.816. The van der Waals surface area contributed by atoms with Crippen molar-refractivity contribution in [3.63, 3.8) is 0 Å². The van der Waals surface area contributed by atoms with E-state index < -0.39 is 0 Å². The van der Waals surface area contributed by atoms with E-state index >= 15 is 0 Å². The molecule has 5 heteroatoms. The van der Waals surface area contributed by atoms with Crippen molar-refractivity contribution in [1.29, 1.82) is 0 Å². The summed E-state index contributed by atoms with van der Waals surface area (Å²) in [6.45, 7) is 1.60. The molecule has 0 radical (unpaired) electrons. The number of para-hydroxylation sites is 1. The Morgan fingerprint density at radius 2 is 2.20 bits per heavy atom. The normalized spacial score (nSPS) is 18.6. The van der Waals surface area contributed by atoms with Gasteiger partial charge < -0.3 is 4.90 Å². The highest BCUT2D eigenvalue weighted by Crippen LogP contribution is 2.23. The molecule has 1 saturated heterocycles. The fourth-order valence-electron chi connectivity index (χ4n) is 2.74. The maximum Gasteiger partial charge on any atom is 0.256 e. The van der Waals surface area contributed by atoms with Crippen LogP contribution in [0, 0.1) is 5.92 Å². The van der Waals surface area contributed by atoms with E-state index in [2.05, 4.69) is 9.97 Å². The van der Waals surface area contributed by atoms with Gasteiger partial charge in [-0.3, -0.25) is 14.8 Å². The molecule has 0 N–H and O–H groups in total. The van der Waals surface area contributed by atoms with E-state index in [0.717, 1.165) is 31.4 Å². The molecule has 1 amide bonds. The summed E-state index contributed by atoms with van der Waals surface area (Å²) in [5.74, 6) is 1.23. The molecule has 1 aromatic carbocycles. The standard InChI is InChI=1S/C15H16ClN3O/c16-6-4-11-5-9-19(10-11)15(20)12-2-1-3-13-14(12)18-8-7-17-13/h1-3,7-8,11H,4-6,9-10H2. The number of carbonyl (C=O) groups is 1. The second-order valence-electron chi connectivity index (χ2n) is 5.11. The van der Waals surface area contributed by atoms with E-state index in [-0.39, 0.29) is 5.91 Å². The third kappa shape index (κ3) is 2.48. The first kappa shape index (κ1) is 13.3. The van der Waals surface area contributed by atoms with Crippen molar-refractivity contribution in [1.82, 2.24) is 14.9 Å². The lowest BCUT2D eigenvalue weighted by Crippen LogP contribution is -2.29. The zero-order valence-electron chi connectivity index (χ0n) is 11.1. The van der Waals surface area contributed by atoms with Gasteiger partial charge in [-0.05, 0) is 30.9 Å². The van der Waals surface area contributed by atoms with Crippen LogP contribution < -0.4 is 0 Å². The second-order valence-corrected chi connectivity index (χ2v) is 5.49. The number of aromatic nitrogens is 2. The summed E-state index contributed by atoms with van der Waals surface area (Å²) >= 11 is 5.78. The minimum atomic E-state index is 0.0492. The van der Waals surface area contributed by atoms with E-state index in [1.807, 2.05) is 23.1 Å². The zero-order valence-corrected chi connectivity index (χ0v) is 11.9. The monoisotopic (exact) mass is 289 g/mol. The molecule has 1 aliphatic heterocycles. The number of fused-ring (bicyclic) bond motifs is 1. The summed E-state index contributed by atoms with van der Waals surface area (Å²) in [6, 6.07) is 5.56. The predicted octanol–water partition coefficient (Wildman–Crippen LogP) is 2.72. The number of halogens is 1. The Balaban J connectivity index is 1.86. The molecule has 2 aromatic rings. The number of rotatable bonds is 3. The summed E-state index contributed by atoms with van der Waals surface area (Å²) in [5, 5.41) is 0. The fraction of sp³-hybridized carbons (Fsp3) is 0.400. The molecule has 4 nitrogen and oxygen atoms in total. The average molecular weight is 290 g/mol. The third-order valence-corrected chi connectivity index (χ3v) is 4.04. The van der Waals surface area contributed by atoms with Gasteiger partial charge in [0.1, 0.15) is 5.52 Å². The molecule has 1 aromatic heterocycles. The van der Waals surface area contributed by atoms with Gasteiger partial charge in [-0.15, -0.1) is 11.6 Å². The van der Waals surface area contributed by atoms with E-state index in [0.29, 0.717) is 22.9 Å². The lowest BCUT2D eigenvalue weighted by atomic mass is 10.1. The Morgan fingerprint density at radius 1 is 1.35 bits per heavy atom. The van der Waals surface area contributed by atoms with Crippen LogP contribution in [0.5, 0.6) is 0 Å². The van der Waals surface area contributed by atoms with Crippen LogP contribution in [-0.2, 0) is 0 Å². The van der Waals surface area contributed by atoms with Crippen molar-refractivity contribution >= 4 is 28.5 Å². The van der Waals surface area contributed by atoms with Crippen LogP contribution in [0.3, 0.4) is 0 Å². The molecule has 1 aliphatic rings. The van der Waals surface area contributed by atoms with Crippen molar-refractivity contribution in [2.24, 2.45) is 5.92 Å². The van der Waals surface area contributed by atoms with Crippen LogP contribution in [0.4, 0.5) is 0 Å². The van der Waals surface area contributed by atoms with Crippen LogP contribution in [0.25, 0.3) is 11.0 Å². The molecule has 0 spiro atoms. The number of nitrogens with zero attached hydrogens (tertiary/aromatic N) is 3. The Bertz CT molecular complexity index is 626. The van der Waals surface area contributed by atoms with E-state index in [4.69, 9.17) is 11.6 Å². The van der Waals surface area contributed by atoms with Gasteiger partial charge in [0, 0.05) is 31.4 Å². The van der Waals surface area contributed by atoms with Crippen molar-refractivity contribution in [2.45, 2.75) is 12.8 Å². The van der Waals surface area contributed by atoms with Gasteiger partial charge in [0.25, 0.3) is 5.91 Å². The first-order valence-electron chi connectivity index (χ1n) is 6.84. The van der Waals surface area contributed by atoms with Crippen molar-refractivity contribution in [3.8, 4) is 0 Å². The molecule has 20 heavy (non-hydrogen) atoms. The van der Waals surface area contributed by atoms with Gasteiger partial charge >= 0.3 is 0 Å². The van der Waals surface area contributed by atoms with Gasteiger partial charge in [0.15, 0.2) is 0 Å². The number of benzene rings is 1. The molecule has 0 aliphatic carbocycles. The van der Waals surface area contributed by atoms with Crippen LogP contribution in [0.1, 0.15) is 23.2 Å². The van der Waals surface area contributed by atoms with E-state index in [1.165, 1.54) is 0 Å². The molecule has 0 saturated carbocycles. The molecule has 2 heterocycles. The van der Waals surface area contributed by atoms with Crippen molar-refractivity contribution in [2.75, 3.05) is 19.0 Å². The molecule has 0 bridgehead atoms. The Kier molecular flexibility index (Phi) is 3.83. The minimum absolute atomic E-state index is 0.0492.